The molecule has 0 amide bonds. The third-order valence-corrected chi connectivity index (χ3v) is 4.90. The van der Waals surface area contributed by atoms with E-state index in [1.165, 1.54) is 10.5 Å². The van der Waals surface area contributed by atoms with Crippen LogP contribution < -0.4 is 5.32 Å². The van der Waals surface area contributed by atoms with Gasteiger partial charge in [0.1, 0.15) is 10.7 Å². The zero-order chi connectivity index (χ0) is 13.2. The Hall–Kier alpha value is -1.18. The number of ether oxygens (including phenoxy) is 1. The Morgan fingerprint density at radius 1 is 1.50 bits per heavy atom. The SMILES string of the molecule is CNc1ccc(S(=O)(=O)N2CCOCC2C)cn1. The minimum atomic E-state index is -3.47. The number of aromatic nitrogens is 1. The molecule has 1 N–H and O–H groups in total. The largest absolute Gasteiger partial charge is 0.378 e. The van der Waals surface area contributed by atoms with Gasteiger partial charge in [0.15, 0.2) is 0 Å². The topological polar surface area (TPSA) is 71.5 Å². The van der Waals surface area contributed by atoms with Crippen LogP contribution in [-0.2, 0) is 14.8 Å². The molecule has 2 rings (SSSR count). The molecule has 7 heteroatoms. The molecule has 2 heterocycles. The van der Waals surface area contributed by atoms with E-state index in [0.29, 0.717) is 25.6 Å². The van der Waals surface area contributed by atoms with Gasteiger partial charge in [0.2, 0.25) is 10.0 Å². The quantitative estimate of drug-likeness (QED) is 0.868. The number of sulfonamides is 1. The summed E-state index contributed by atoms with van der Waals surface area (Å²) in [5.74, 6) is 0.643. The highest BCUT2D eigenvalue weighted by atomic mass is 32.2. The molecule has 6 nitrogen and oxygen atoms in total. The van der Waals surface area contributed by atoms with Crippen LogP contribution in [0.15, 0.2) is 23.2 Å². The summed E-state index contributed by atoms with van der Waals surface area (Å²) in [6.07, 6.45) is 1.38. The normalized spacial score (nSPS) is 21.8. The van der Waals surface area contributed by atoms with Gasteiger partial charge in [-0.3, -0.25) is 0 Å². The number of nitrogens with zero attached hydrogens (tertiary/aromatic N) is 2. The third kappa shape index (κ3) is 2.47. The number of pyridine rings is 1. The summed E-state index contributed by atoms with van der Waals surface area (Å²) in [5.41, 5.74) is 0. The van der Waals surface area contributed by atoms with E-state index in [1.54, 1.807) is 19.2 Å². The van der Waals surface area contributed by atoms with E-state index in [1.807, 2.05) is 6.92 Å². The lowest BCUT2D eigenvalue weighted by atomic mass is 10.3. The van der Waals surface area contributed by atoms with Crippen LogP contribution in [0.25, 0.3) is 0 Å². The first-order valence-corrected chi connectivity index (χ1v) is 7.23. The highest BCUT2D eigenvalue weighted by Gasteiger charge is 2.31. The molecule has 0 radical (unpaired) electrons. The second-order valence-electron chi connectivity index (χ2n) is 4.17. The minimum Gasteiger partial charge on any atom is -0.378 e. The molecule has 0 saturated carbocycles. The van der Waals surface area contributed by atoms with Crippen molar-refractivity contribution in [1.29, 1.82) is 0 Å². The van der Waals surface area contributed by atoms with Gasteiger partial charge in [-0.25, -0.2) is 13.4 Å². The van der Waals surface area contributed by atoms with Gasteiger partial charge < -0.3 is 10.1 Å². The van der Waals surface area contributed by atoms with Crippen LogP contribution in [0.4, 0.5) is 5.82 Å². The molecule has 1 aliphatic rings. The zero-order valence-electron chi connectivity index (χ0n) is 10.5. The first kappa shape index (κ1) is 13.3. The van der Waals surface area contributed by atoms with E-state index in [0.717, 1.165) is 0 Å². The Labute approximate surface area is 107 Å². The van der Waals surface area contributed by atoms with Gasteiger partial charge in [-0.2, -0.15) is 4.31 Å². The standard InChI is InChI=1S/C11H17N3O3S/c1-9-8-17-6-5-14(9)18(15,16)10-3-4-11(12-2)13-7-10/h3-4,7,9H,5-6,8H2,1-2H3,(H,12,13). The molecule has 1 unspecified atom stereocenters. The number of morpholine rings is 1. The molecule has 1 fully saturated rings. The van der Waals surface area contributed by atoms with Crippen molar-refractivity contribution in [3.8, 4) is 0 Å². The van der Waals surface area contributed by atoms with Crippen LogP contribution >= 0.6 is 0 Å². The Kier molecular flexibility index (Phi) is 3.84. The molecule has 0 bridgehead atoms. The monoisotopic (exact) mass is 271 g/mol. The van der Waals surface area contributed by atoms with Gasteiger partial charge in [-0.1, -0.05) is 0 Å². The van der Waals surface area contributed by atoms with E-state index in [-0.39, 0.29) is 10.9 Å². The fourth-order valence-electron chi connectivity index (χ4n) is 1.89. The van der Waals surface area contributed by atoms with Crippen molar-refractivity contribution < 1.29 is 13.2 Å². The van der Waals surface area contributed by atoms with Gasteiger partial charge in [0.25, 0.3) is 0 Å². The predicted molar refractivity (Wildman–Crippen MR) is 68.0 cm³/mol. The molecule has 1 aromatic heterocycles. The highest BCUT2D eigenvalue weighted by Crippen LogP contribution is 2.20. The number of hydrogen-bond acceptors (Lipinski definition) is 5. The lowest BCUT2D eigenvalue weighted by molar-refractivity contribution is 0.0392. The van der Waals surface area contributed by atoms with E-state index >= 15 is 0 Å². The summed E-state index contributed by atoms with van der Waals surface area (Å²) >= 11 is 0. The molecule has 1 atom stereocenters. The van der Waals surface area contributed by atoms with Crippen LogP contribution in [-0.4, -0.2) is 50.6 Å². The average molecular weight is 271 g/mol. The highest BCUT2D eigenvalue weighted by molar-refractivity contribution is 7.89. The van der Waals surface area contributed by atoms with E-state index < -0.39 is 10.0 Å². The molecular formula is C11H17N3O3S. The maximum absolute atomic E-state index is 12.4. The maximum Gasteiger partial charge on any atom is 0.245 e. The van der Waals surface area contributed by atoms with Crippen LogP contribution in [0.5, 0.6) is 0 Å². The summed E-state index contributed by atoms with van der Waals surface area (Å²) in [5, 5.41) is 2.85. The van der Waals surface area contributed by atoms with Gasteiger partial charge in [0, 0.05) is 25.8 Å². The molecule has 1 saturated heterocycles. The van der Waals surface area contributed by atoms with Crippen molar-refractivity contribution in [3.63, 3.8) is 0 Å². The van der Waals surface area contributed by atoms with Crippen molar-refractivity contribution in [1.82, 2.24) is 9.29 Å². The lowest BCUT2D eigenvalue weighted by Gasteiger charge is -2.32. The molecule has 18 heavy (non-hydrogen) atoms. The summed E-state index contributed by atoms with van der Waals surface area (Å²) in [6.45, 7) is 3.09. The Morgan fingerprint density at radius 2 is 2.28 bits per heavy atom. The van der Waals surface area contributed by atoms with Crippen LogP contribution in [0, 0.1) is 0 Å². The summed E-state index contributed by atoms with van der Waals surface area (Å²) < 4.78 is 31.5. The molecular weight excluding hydrogens is 254 g/mol. The molecule has 0 aromatic carbocycles. The van der Waals surface area contributed by atoms with Gasteiger partial charge >= 0.3 is 0 Å². The third-order valence-electron chi connectivity index (χ3n) is 2.91. The summed E-state index contributed by atoms with van der Waals surface area (Å²) in [7, 11) is -1.74. The number of anilines is 1. The Morgan fingerprint density at radius 3 is 2.83 bits per heavy atom. The first-order chi connectivity index (χ1) is 8.55. The van der Waals surface area contributed by atoms with Gasteiger partial charge in [-0.05, 0) is 19.1 Å². The molecule has 1 aromatic rings. The Balaban J connectivity index is 2.28. The zero-order valence-corrected chi connectivity index (χ0v) is 11.3. The maximum atomic E-state index is 12.4. The number of rotatable bonds is 3. The number of hydrogen-bond donors (Lipinski definition) is 1. The Bertz CT molecular complexity index is 501. The van der Waals surface area contributed by atoms with Crippen molar-refractivity contribution in [2.24, 2.45) is 0 Å². The smallest absolute Gasteiger partial charge is 0.245 e. The van der Waals surface area contributed by atoms with Gasteiger partial charge in [0.05, 0.1) is 13.2 Å². The first-order valence-electron chi connectivity index (χ1n) is 5.79. The fraction of sp³-hybridized carbons (Fsp3) is 0.545. The van der Waals surface area contributed by atoms with Crippen molar-refractivity contribution in [2.45, 2.75) is 17.9 Å². The molecule has 100 valence electrons. The van der Waals surface area contributed by atoms with Crippen LogP contribution in [0.2, 0.25) is 0 Å². The minimum absolute atomic E-state index is 0.146. The van der Waals surface area contributed by atoms with E-state index in [9.17, 15) is 8.42 Å². The average Bonchev–Trinajstić information content (AvgIpc) is 2.39. The van der Waals surface area contributed by atoms with Crippen molar-refractivity contribution in [3.05, 3.63) is 18.3 Å². The molecule has 0 aliphatic carbocycles. The van der Waals surface area contributed by atoms with Crippen LogP contribution in [0.1, 0.15) is 6.92 Å². The number of nitrogens with one attached hydrogen (secondary N) is 1. The lowest BCUT2D eigenvalue weighted by Crippen LogP contribution is -2.46. The van der Waals surface area contributed by atoms with Crippen molar-refractivity contribution >= 4 is 15.8 Å². The fourth-order valence-corrected chi connectivity index (χ4v) is 3.43. The van der Waals surface area contributed by atoms with E-state index in [4.69, 9.17) is 4.74 Å². The predicted octanol–water partition coefficient (Wildman–Crippen LogP) is 0.533. The molecule has 0 spiro atoms. The van der Waals surface area contributed by atoms with Gasteiger partial charge in [-0.15, -0.1) is 0 Å². The van der Waals surface area contributed by atoms with Crippen LogP contribution in [0.3, 0.4) is 0 Å². The van der Waals surface area contributed by atoms with Crippen molar-refractivity contribution in [2.75, 3.05) is 32.1 Å². The van der Waals surface area contributed by atoms with E-state index in [2.05, 4.69) is 10.3 Å². The molecule has 1 aliphatic heterocycles. The second kappa shape index (κ2) is 5.21. The second-order valence-corrected chi connectivity index (χ2v) is 6.06. The summed E-state index contributed by atoms with van der Waals surface area (Å²) in [4.78, 5) is 4.25. The summed E-state index contributed by atoms with van der Waals surface area (Å²) in [6, 6.07) is 3.07.